The van der Waals surface area contributed by atoms with E-state index in [1.807, 2.05) is 19.1 Å². The van der Waals surface area contributed by atoms with Crippen LogP contribution in [-0.2, 0) is 0 Å². The van der Waals surface area contributed by atoms with Crippen LogP contribution in [0.25, 0.3) is 11.0 Å². The van der Waals surface area contributed by atoms with Gasteiger partial charge in [0, 0.05) is 6.20 Å². The number of hydrogen-bond donors (Lipinski definition) is 1. The minimum absolute atomic E-state index is 0.0547. The van der Waals surface area contributed by atoms with Crippen molar-refractivity contribution < 1.29 is 13.9 Å². The third-order valence-electron chi connectivity index (χ3n) is 4.15. The van der Waals surface area contributed by atoms with Gasteiger partial charge in [-0.3, -0.25) is 9.78 Å². The van der Waals surface area contributed by atoms with Gasteiger partial charge in [0.15, 0.2) is 11.6 Å². The first-order chi connectivity index (χ1) is 13.6. The van der Waals surface area contributed by atoms with Gasteiger partial charge in [0.05, 0.1) is 23.3 Å². The van der Waals surface area contributed by atoms with Gasteiger partial charge in [0.25, 0.3) is 5.91 Å². The van der Waals surface area contributed by atoms with Gasteiger partial charge in [-0.2, -0.15) is 0 Å². The van der Waals surface area contributed by atoms with Crippen molar-refractivity contribution in [2.75, 3.05) is 11.9 Å². The molecule has 144 valence electrons. The summed E-state index contributed by atoms with van der Waals surface area (Å²) >= 11 is 0. The number of rotatable bonds is 7. The first-order valence-corrected chi connectivity index (χ1v) is 9.20. The fourth-order valence-corrected chi connectivity index (χ4v) is 2.75. The SMILES string of the molecule is CCC=CCCOc1cccc(NC(=O)c2nc3cccnc3cc2C)c1F. The molecular formula is C22H22FN3O2. The second-order valence-corrected chi connectivity index (χ2v) is 6.28. The summed E-state index contributed by atoms with van der Waals surface area (Å²) in [6, 6.07) is 10.00. The molecule has 0 aliphatic heterocycles. The topological polar surface area (TPSA) is 64.1 Å². The Morgan fingerprint density at radius 3 is 2.89 bits per heavy atom. The number of carbonyl (C=O) groups excluding carboxylic acids is 1. The molecule has 0 fully saturated rings. The number of pyridine rings is 2. The van der Waals surface area contributed by atoms with Gasteiger partial charge in [0.1, 0.15) is 5.69 Å². The molecule has 5 nitrogen and oxygen atoms in total. The van der Waals surface area contributed by atoms with Crippen LogP contribution in [0, 0.1) is 12.7 Å². The molecule has 0 spiro atoms. The van der Waals surface area contributed by atoms with Gasteiger partial charge in [-0.15, -0.1) is 0 Å². The standard InChI is InChI=1S/C22H22FN3O2/c1-3-4-5-6-13-28-19-11-7-9-17(20(19)23)26-22(27)21-15(2)14-18-16(25-21)10-8-12-24-18/h4-5,7-12,14H,3,6,13H2,1-2H3,(H,26,27). The normalized spacial score (nSPS) is 11.1. The van der Waals surface area contributed by atoms with Gasteiger partial charge in [-0.25, -0.2) is 9.37 Å². The maximum atomic E-state index is 14.7. The molecule has 3 aromatic rings. The number of nitrogens with zero attached hydrogens (tertiary/aromatic N) is 2. The summed E-state index contributed by atoms with van der Waals surface area (Å²) in [5.41, 5.74) is 2.26. The van der Waals surface area contributed by atoms with Gasteiger partial charge >= 0.3 is 0 Å². The number of nitrogens with one attached hydrogen (secondary N) is 1. The predicted octanol–water partition coefficient (Wildman–Crippen LogP) is 5.06. The molecule has 2 aromatic heterocycles. The van der Waals surface area contributed by atoms with Crippen LogP contribution in [0.1, 0.15) is 35.8 Å². The van der Waals surface area contributed by atoms with Gasteiger partial charge in [-0.05, 0) is 55.7 Å². The second-order valence-electron chi connectivity index (χ2n) is 6.28. The average Bonchev–Trinajstić information content (AvgIpc) is 2.69. The number of fused-ring (bicyclic) bond motifs is 1. The van der Waals surface area contributed by atoms with E-state index >= 15 is 0 Å². The lowest BCUT2D eigenvalue weighted by Crippen LogP contribution is -2.16. The molecule has 0 bridgehead atoms. The quantitative estimate of drug-likeness (QED) is 0.460. The summed E-state index contributed by atoms with van der Waals surface area (Å²) in [6.45, 7) is 4.19. The van der Waals surface area contributed by atoms with E-state index in [1.165, 1.54) is 6.07 Å². The Morgan fingerprint density at radius 2 is 2.07 bits per heavy atom. The smallest absolute Gasteiger partial charge is 0.274 e. The van der Waals surface area contributed by atoms with Crippen LogP contribution in [0.5, 0.6) is 5.75 Å². The van der Waals surface area contributed by atoms with E-state index in [0.29, 0.717) is 29.6 Å². The number of anilines is 1. The lowest BCUT2D eigenvalue weighted by molar-refractivity contribution is 0.102. The van der Waals surface area contributed by atoms with Crippen LogP contribution in [0.4, 0.5) is 10.1 Å². The van der Waals surface area contributed by atoms with E-state index in [1.54, 1.807) is 43.5 Å². The maximum absolute atomic E-state index is 14.7. The summed E-state index contributed by atoms with van der Waals surface area (Å²) in [5.74, 6) is -0.976. The lowest BCUT2D eigenvalue weighted by atomic mass is 10.1. The number of hydrogen-bond acceptors (Lipinski definition) is 4. The largest absolute Gasteiger partial charge is 0.490 e. The number of halogens is 1. The summed E-state index contributed by atoms with van der Waals surface area (Å²) in [6.07, 6.45) is 7.34. The van der Waals surface area contributed by atoms with E-state index in [2.05, 4.69) is 15.3 Å². The molecule has 0 aliphatic carbocycles. The average molecular weight is 379 g/mol. The van der Waals surface area contributed by atoms with Crippen molar-refractivity contribution in [2.45, 2.75) is 26.7 Å². The van der Waals surface area contributed by atoms with E-state index in [0.717, 1.165) is 6.42 Å². The van der Waals surface area contributed by atoms with E-state index in [9.17, 15) is 9.18 Å². The molecule has 28 heavy (non-hydrogen) atoms. The highest BCUT2D eigenvalue weighted by molar-refractivity contribution is 6.05. The summed E-state index contributed by atoms with van der Waals surface area (Å²) in [7, 11) is 0. The number of allylic oxidation sites excluding steroid dienone is 1. The fraction of sp³-hybridized carbons (Fsp3) is 0.227. The number of aryl methyl sites for hydroxylation is 1. The highest BCUT2D eigenvalue weighted by atomic mass is 19.1. The Hall–Kier alpha value is -3.28. The molecule has 6 heteroatoms. The minimum atomic E-state index is -0.601. The number of carbonyl (C=O) groups is 1. The van der Waals surface area contributed by atoms with Crippen LogP contribution >= 0.6 is 0 Å². The van der Waals surface area contributed by atoms with Crippen molar-refractivity contribution in [3.63, 3.8) is 0 Å². The van der Waals surface area contributed by atoms with Crippen molar-refractivity contribution in [3.05, 3.63) is 71.8 Å². The van der Waals surface area contributed by atoms with Crippen molar-refractivity contribution in [2.24, 2.45) is 0 Å². The Morgan fingerprint density at radius 1 is 1.21 bits per heavy atom. The third kappa shape index (κ3) is 4.52. The zero-order valence-electron chi connectivity index (χ0n) is 15.9. The summed E-state index contributed by atoms with van der Waals surface area (Å²) in [4.78, 5) is 21.3. The highest BCUT2D eigenvalue weighted by Crippen LogP contribution is 2.25. The van der Waals surface area contributed by atoms with Gasteiger partial charge < -0.3 is 10.1 Å². The molecular weight excluding hydrogens is 357 g/mol. The Bertz CT molecular complexity index is 1020. The minimum Gasteiger partial charge on any atom is -0.490 e. The lowest BCUT2D eigenvalue weighted by Gasteiger charge is -2.12. The molecule has 1 N–H and O–H groups in total. The molecule has 1 amide bonds. The van der Waals surface area contributed by atoms with Crippen molar-refractivity contribution in [1.29, 1.82) is 0 Å². The highest BCUT2D eigenvalue weighted by Gasteiger charge is 2.16. The number of ether oxygens (including phenoxy) is 1. The first-order valence-electron chi connectivity index (χ1n) is 9.20. The van der Waals surface area contributed by atoms with Gasteiger partial charge in [0.2, 0.25) is 0 Å². The molecule has 0 radical (unpaired) electrons. The van der Waals surface area contributed by atoms with Crippen LogP contribution < -0.4 is 10.1 Å². The molecule has 0 aliphatic rings. The second kappa shape index (κ2) is 9.08. The zero-order valence-corrected chi connectivity index (χ0v) is 15.9. The predicted molar refractivity (Wildman–Crippen MR) is 108 cm³/mol. The zero-order chi connectivity index (χ0) is 19.9. The molecule has 2 heterocycles. The molecule has 0 saturated heterocycles. The molecule has 1 aromatic carbocycles. The number of benzene rings is 1. The van der Waals surface area contributed by atoms with Crippen LogP contribution in [0.2, 0.25) is 0 Å². The molecule has 0 saturated carbocycles. The molecule has 0 atom stereocenters. The van der Waals surface area contributed by atoms with Crippen molar-refractivity contribution in [3.8, 4) is 5.75 Å². The number of aromatic nitrogens is 2. The maximum Gasteiger partial charge on any atom is 0.274 e. The van der Waals surface area contributed by atoms with Gasteiger partial charge in [-0.1, -0.05) is 25.1 Å². The van der Waals surface area contributed by atoms with Crippen LogP contribution in [0.3, 0.4) is 0 Å². The Balaban J connectivity index is 1.76. The summed E-state index contributed by atoms with van der Waals surface area (Å²) in [5, 5.41) is 2.59. The Kier molecular flexibility index (Phi) is 6.32. The number of amides is 1. The Labute approximate surface area is 163 Å². The fourth-order valence-electron chi connectivity index (χ4n) is 2.75. The van der Waals surface area contributed by atoms with E-state index < -0.39 is 11.7 Å². The first kappa shape index (κ1) is 19.5. The molecule has 3 rings (SSSR count). The van der Waals surface area contributed by atoms with Crippen molar-refractivity contribution >= 4 is 22.6 Å². The van der Waals surface area contributed by atoms with Crippen molar-refractivity contribution in [1.82, 2.24) is 9.97 Å². The van der Waals surface area contributed by atoms with Crippen LogP contribution in [-0.4, -0.2) is 22.5 Å². The van der Waals surface area contributed by atoms with Crippen LogP contribution in [0.15, 0.2) is 54.7 Å². The third-order valence-corrected chi connectivity index (χ3v) is 4.15. The van der Waals surface area contributed by atoms with E-state index in [4.69, 9.17) is 4.74 Å². The monoisotopic (exact) mass is 379 g/mol. The summed E-state index contributed by atoms with van der Waals surface area (Å²) < 4.78 is 20.2. The molecule has 0 unspecified atom stereocenters. The van der Waals surface area contributed by atoms with E-state index in [-0.39, 0.29) is 17.1 Å².